The van der Waals surface area contributed by atoms with Crippen molar-refractivity contribution in [2.24, 2.45) is 17.2 Å². The molecule has 0 heterocycles. The minimum atomic E-state index is -0.972. The summed E-state index contributed by atoms with van der Waals surface area (Å²) in [5.41, 5.74) is 19.8. The normalized spacial score (nSPS) is 12.7. The van der Waals surface area contributed by atoms with Crippen molar-refractivity contribution < 1.29 is 14.7 Å². The zero-order chi connectivity index (χ0) is 31.2. The Kier molecular flexibility index (Phi) is 12.9. The van der Waals surface area contributed by atoms with Crippen LogP contribution in [0.2, 0.25) is 0 Å². The number of phenols is 1. The molecule has 2 aromatic carbocycles. The number of hydrogen-bond donors (Lipinski definition) is 12. The highest BCUT2D eigenvalue weighted by molar-refractivity contribution is 5.92. The standard InChI is InChI=1S/C28H43N11O3/c1-16-11-20(40)12-17(2)21(16)14-23(39-28(33)34)25(42)38-22(9-6-10-35-26(29)30)24(41)36-15-19(37-27(31)32)13-18-7-4-3-5-8-18/h3-5,7-8,11-12,19,22-23,40H,6,9-10,13-15H2,1-2H3,(H,36,41)(H,38,42)(H4,29,30,35)(H4,31,32,37)(H4,33,34,39)/t19-,22+,23-/m0/s1. The van der Waals surface area contributed by atoms with E-state index in [4.69, 9.17) is 33.4 Å². The van der Waals surface area contributed by atoms with E-state index in [1.807, 2.05) is 44.2 Å². The lowest BCUT2D eigenvalue weighted by molar-refractivity contribution is -0.130. The predicted octanol–water partition coefficient (Wildman–Crippen LogP) is -0.638. The molecule has 14 heteroatoms. The van der Waals surface area contributed by atoms with Crippen LogP contribution in [0.1, 0.15) is 35.1 Å². The number of nitrogens with two attached hydrogens (primary N) is 3. The first-order valence-corrected chi connectivity index (χ1v) is 13.6. The van der Waals surface area contributed by atoms with Gasteiger partial charge in [-0.1, -0.05) is 30.3 Å². The van der Waals surface area contributed by atoms with Crippen molar-refractivity contribution in [3.05, 3.63) is 64.7 Å². The molecule has 14 nitrogen and oxygen atoms in total. The van der Waals surface area contributed by atoms with Crippen LogP contribution in [-0.2, 0) is 22.4 Å². The second kappa shape index (κ2) is 16.3. The number of carbonyl (C=O) groups excluding carboxylic acids is 2. The van der Waals surface area contributed by atoms with Gasteiger partial charge in [-0.15, -0.1) is 0 Å². The molecule has 0 unspecified atom stereocenters. The molecule has 2 aromatic rings. The van der Waals surface area contributed by atoms with Crippen LogP contribution in [0, 0.1) is 30.1 Å². The fourth-order valence-corrected chi connectivity index (χ4v) is 4.60. The summed E-state index contributed by atoms with van der Waals surface area (Å²) in [7, 11) is 0. The highest BCUT2D eigenvalue weighted by Crippen LogP contribution is 2.22. The van der Waals surface area contributed by atoms with Crippen LogP contribution in [0.3, 0.4) is 0 Å². The molecular formula is C28H43N11O3. The summed E-state index contributed by atoms with van der Waals surface area (Å²) in [6, 6.07) is 10.4. The maximum atomic E-state index is 13.5. The Balaban J connectivity index is 2.20. The van der Waals surface area contributed by atoms with Crippen LogP contribution in [0.5, 0.6) is 5.75 Å². The Morgan fingerprint density at radius 2 is 1.43 bits per heavy atom. The first kappa shape index (κ1) is 33.2. The highest BCUT2D eigenvalue weighted by atomic mass is 16.3. The molecule has 0 radical (unpaired) electrons. The van der Waals surface area contributed by atoms with E-state index in [1.165, 1.54) is 0 Å². The Morgan fingerprint density at radius 1 is 0.810 bits per heavy atom. The van der Waals surface area contributed by atoms with E-state index in [1.54, 1.807) is 12.1 Å². The number of hydrogen-bond acceptors (Lipinski definition) is 6. The fourth-order valence-electron chi connectivity index (χ4n) is 4.60. The molecule has 15 N–H and O–H groups in total. The minimum absolute atomic E-state index is 0.106. The molecule has 2 amide bonds. The van der Waals surface area contributed by atoms with Crippen molar-refractivity contribution in [3.8, 4) is 5.75 Å². The summed E-state index contributed by atoms with van der Waals surface area (Å²) in [6.45, 7) is 4.07. The smallest absolute Gasteiger partial charge is 0.243 e. The highest BCUT2D eigenvalue weighted by Gasteiger charge is 2.27. The van der Waals surface area contributed by atoms with Gasteiger partial charge in [0.2, 0.25) is 11.8 Å². The average molecular weight is 582 g/mol. The number of rotatable bonds is 15. The SMILES string of the molecule is Cc1cc(O)cc(C)c1C[C@H](NC(=N)N)C(=O)N[C@H](CCCNC(=N)N)C(=O)NC[C@H](Cc1ccccc1)NC(=N)N. The van der Waals surface area contributed by atoms with Crippen molar-refractivity contribution in [2.45, 2.75) is 57.7 Å². The molecule has 228 valence electrons. The fraction of sp³-hybridized carbons (Fsp3) is 0.393. The first-order chi connectivity index (χ1) is 19.8. The van der Waals surface area contributed by atoms with Gasteiger partial charge in [-0.25, -0.2) is 0 Å². The largest absolute Gasteiger partial charge is 0.508 e. The topological polar surface area (TPSA) is 264 Å². The van der Waals surface area contributed by atoms with Crippen LogP contribution in [0.25, 0.3) is 0 Å². The average Bonchev–Trinajstić information content (AvgIpc) is 2.90. The summed E-state index contributed by atoms with van der Waals surface area (Å²) < 4.78 is 0. The van der Waals surface area contributed by atoms with E-state index >= 15 is 0 Å². The van der Waals surface area contributed by atoms with Gasteiger partial charge in [0.1, 0.15) is 17.8 Å². The molecule has 2 rings (SSSR count). The van der Waals surface area contributed by atoms with Gasteiger partial charge in [-0.3, -0.25) is 25.8 Å². The maximum Gasteiger partial charge on any atom is 0.243 e. The molecule has 0 aromatic heterocycles. The third-order valence-corrected chi connectivity index (χ3v) is 6.56. The quantitative estimate of drug-likeness (QED) is 0.0723. The van der Waals surface area contributed by atoms with E-state index in [0.29, 0.717) is 19.4 Å². The van der Waals surface area contributed by atoms with Crippen LogP contribution in [0.4, 0.5) is 0 Å². The summed E-state index contributed by atoms with van der Waals surface area (Å²) >= 11 is 0. The maximum absolute atomic E-state index is 13.5. The second-order valence-corrected chi connectivity index (χ2v) is 10.1. The van der Waals surface area contributed by atoms with Gasteiger partial charge in [0, 0.05) is 19.5 Å². The minimum Gasteiger partial charge on any atom is -0.508 e. The van der Waals surface area contributed by atoms with Gasteiger partial charge < -0.3 is 48.9 Å². The molecule has 0 fully saturated rings. The van der Waals surface area contributed by atoms with Gasteiger partial charge in [-0.05, 0) is 67.5 Å². The second-order valence-electron chi connectivity index (χ2n) is 10.1. The summed E-state index contributed by atoms with van der Waals surface area (Å²) in [4.78, 5) is 26.8. The number of phenolic OH excluding ortho intramolecular Hbond substituents is 1. The summed E-state index contributed by atoms with van der Waals surface area (Å²) in [5.74, 6) is -1.73. The lowest BCUT2D eigenvalue weighted by atomic mass is 9.95. The molecule has 0 aliphatic rings. The number of aryl methyl sites for hydroxylation is 2. The van der Waals surface area contributed by atoms with Crippen LogP contribution in [-0.4, -0.2) is 66.0 Å². The number of aromatic hydroxyl groups is 1. The molecule has 3 atom stereocenters. The molecular weight excluding hydrogens is 538 g/mol. The molecule has 0 aliphatic heterocycles. The van der Waals surface area contributed by atoms with Crippen molar-refractivity contribution in [3.63, 3.8) is 0 Å². The van der Waals surface area contributed by atoms with E-state index in [0.717, 1.165) is 22.3 Å². The Bertz CT molecular complexity index is 1230. The van der Waals surface area contributed by atoms with Gasteiger partial charge in [0.15, 0.2) is 17.9 Å². The van der Waals surface area contributed by atoms with Crippen molar-refractivity contribution in [2.75, 3.05) is 13.1 Å². The number of nitrogens with one attached hydrogen (secondary N) is 8. The Labute approximate surface area is 245 Å². The lowest BCUT2D eigenvalue weighted by Crippen LogP contribution is -2.56. The summed E-state index contributed by atoms with van der Waals surface area (Å²) in [5, 5.41) is 46.5. The van der Waals surface area contributed by atoms with Crippen molar-refractivity contribution in [1.29, 1.82) is 16.2 Å². The van der Waals surface area contributed by atoms with E-state index in [-0.39, 0.29) is 43.1 Å². The first-order valence-electron chi connectivity index (χ1n) is 13.6. The lowest BCUT2D eigenvalue weighted by Gasteiger charge is -2.25. The van der Waals surface area contributed by atoms with E-state index in [9.17, 15) is 14.7 Å². The zero-order valence-corrected chi connectivity index (χ0v) is 24.0. The third-order valence-electron chi connectivity index (χ3n) is 6.56. The Morgan fingerprint density at radius 3 is 2.00 bits per heavy atom. The Hall–Kier alpha value is -5.01. The van der Waals surface area contributed by atoms with E-state index < -0.39 is 29.9 Å². The van der Waals surface area contributed by atoms with Gasteiger partial charge in [0.05, 0.1) is 6.04 Å². The van der Waals surface area contributed by atoms with Crippen molar-refractivity contribution in [1.82, 2.24) is 26.6 Å². The van der Waals surface area contributed by atoms with Gasteiger partial charge in [0.25, 0.3) is 0 Å². The van der Waals surface area contributed by atoms with Crippen molar-refractivity contribution >= 4 is 29.7 Å². The number of benzene rings is 2. The number of amides is 2. The molecule has 0 bridgehead atoms. The van der Waals surface area contributed by atoms with Gasteiger partial charge in [-0.2, -0.15) is 0 Å². The van der Waals surface area contributed by atoms with Crippen LogP contribution < -0.4 is 43.8 Å². The molecule has 0 saturated heterocycles. The molecule has 0 aliphatic carbocycles. The van der Waals surface area contributed by atoms with Gasteiger partial charge >= 0.3 is 0 Å². The van der Waals surface area contributed by atoms with E-state index in [2.05, 4.69) is 26.6 Å². The summed E-state index contributed by atoms with van der Waals surface area (Å²) in [6.07, 6.45) is 1.30. The predicted molar refractivity (Wildman–Crippen MR) is 163 cm³/mol. The van der Waals surface area contributed by atoms with Crippen LogP contribution >= 0.6 is 0 Å². The monoisotopic (exact) mass is 581 g/mol. The molecule has 42 heavy (non-hydrogen) atoms. The molecule has 0 saturated carbocycles. The number of carbonyl (C=O) groups is 2. The molecule has 0 spiro atoms. The number of guanidine groups is 3. The van der Waals surface area contributed by atoms with Crippen LogP contribution in [0.15, 0.2) is 42.5 Å². The third kappa shape index (κ3) is 11.6. The zero-order valence-electron chi connectivity index (χ0n) is 24.0.